The van der Waals surface area contributed by atoms with Crippen LogP contribution in [0.3, 0.4) is 0 Å². The molecule has 38 heavy (non-hydrogen) atoms. The number of anilines is 3. The lowest BCUT2D eigenvalue weighted by Crippen LogP contribution is -2.37. The van der Waals surface area contributed by atoms with Gasteiger partial charge in [-0.05, 0) is 54.6 Å². The average Bonchev–Trinajstić information content (AvgIpc) is 2.93. The Hall–Kier alpha value is -4.35. The molecule has 196 valence electrons. The van der Waals surface area contributed by atoms with Gasteiger partial charge in [-0.2, -0.15) is 0 Å². The van der Waals surface area contributed by atoms with Crippen LogP contribution in [0, 0.1) is 0 Å². The Morgan fingerprint density at radius 3 is 2.39 bits per heavy atom. The summed E-state index contributed by atoms with van der Waals surface area (Å²) in [5.74, 6) is -0.125. The van der Waals surface area contributed by atoms with Crippen molar-refractivity contribution in [2.24, 2.45) is 0 Å². The number of hydrogen-bond donors (Lipinski definition) is 2. The maximum atomic E-state index is 13.6. The second-order valence-electron chi connectivity index (χ2n) is 8.56. The van der Waals surface area contributed by atoms with Gasteiger partial charge < -0.3 is 24.1 Å². The number of nitrogens with one attached hydrogen (secondary N) is 2. The zero-order valence-corrected chi connectivity index (χ0v) is 21.3. The number of methoxy groups -OCH3 is 1. The Labute approximate surface area is 218 Å². The first kappa shape index (κ1) is 25.3. The van der Waals surface area contributed by atoms with Crippen LogP contribution in [0.15, 0.2) is 86.9 Å². The lowest BCUT2D eigenvalue weighted by atomic mass is 10.1. The number of sulfonamides is 1. The zero-order chi connectivity index (χ0) is 26.7. The molecule has 3 aromatic carbocycles. The van der Waals surface area contributed by atoms with Crippen molar-refractivity contribution in [2.75, 3.05) is 48.4 Å². The molecule has 1 aliphatic heterocycles. The van der Waals surface area contributed by atoms with Crippen molar-refractivity contribution in [3.8, 4) is 5.75 Å². The minimum atomic E-state index is -4.08. The predicted octanol–water partition coefficient (Wildman–Crippen LogP) is 3.69. The Morgan fingerprint density at radius 2 is 1.66 bits per heavy atom. The van der Waals surface area contributed by atoms with Gasteiger partial charge in [0.15, 0.2) is 0 Å². The minimum Gasteiger partial charge on any atom is -0.497 e. The monoisotopic (exact) mass is 535 g/mol. The van der Waals surface area contributed by atoms with E-state index in [9.17, 15) is 18.0 Å². The van der Waals surface area contributed by atoms with Gasteiger partial charge >= 0.3 is 5.63 Å². The van der Waals surface area contributed by atoms with Gasteiger partial charge in [-0.25, -0.2) is 13.2 Å². The number of rotatable bonds is 7. The van der Waals surface area contributed by atoms with Crippen molar-refractivity contribution in [3.63, 3.8) is 0 Å². The van der Waals surface area contributed by atoms with Gasteiger partial charge in [-0.15, -0.1) is 0 Å². The van der Waals surface area contributed by atoms with Crippen LogP contribution in [-0.2, 0) is 14.8 Å². The first-order valence-electron chi connectivity index (χ1n) is 11.8. The molecule has 0 spiro atoms. The topological polar surface area (TPSA) is 127 Å². The van der Waals surface area contributed by atoms with Crippen LogP contribution < -0.4 is 25.3 Å². The first-order valence-corrected chi connectivity index (χ1v) is 13.3. The Morgan fingerprint density at radius 1 is 0.947 bits per heavy atom. The molecule has 0 unspecified atom stereocenters. The fourth-order valence-electron chi connectivity index (χ4n) is 4.16. The summed E-state index contributed by atoms with van der Waals surface area (Å²) in [5.41, 5.74) is 0.401. The average molecular weight is 536 g/mol. The summed E-state index contributed by atoms with van der Waals surface area (Å²) in [6.45, 7) is 1.94. The zero-order valence-electron chi connectivity index (χ0n) is 20.5. The highest BCUT2D eigenvalue weighted by Gasteiger charge is 2.25. The third-order valence-electron chi connectivity index (χ3n) is 6.09. The van der Waals surface area contributed by atoms with E-state index in [-0.39, 0.29) is 16.1 Å². The van der Waals surface area contributed by atoms with Crippen LogP contribution in [-0.4, -0.2) is 47.7 Å². The summed E-state index contributed by atoms with van der Waals surface area (Å²) in [5, 5.41) is 3.22. The molecule has 1 fully saturated rings. The van der Waals surface area contributed by atoms with Crippen molar-refractivity contribution < 1.29 is 27.1 Å². The third-order valence-corrected chi connectivity index (χ3v) is 7.50. The van der Waals surface area contributed by atoms with Crippen molar-refractivity contribution >= 4 is 44.0 Å². The van der Waals surface area contributed by atoms with Gasteiger partial charge in [-0.1, -0.05) is 18.2 Å². The second-order valence-corrected chi connectivity index (χ2v) is 10.2. The van der Waals surface area contributed by atoms with Gasteiger partial charge in [0, 0.05) is 29.9 Å². The highest BCUT2D eigenvalue weighted by atomic mass is 32.2. The number of ether oxygens (including phenoxy) is 2. The van der Waals surface area contributed by atoms with Crippen LogP contribution in [0.25, 0.3) is 11.0 Å². The fraction of sp³-hybridized carbons (Fsp3) is 0.185. The highest BCUT2D eigenvalue weighted by molar-refractivity contribution is 7.92. The van der Waals surface area contributed by atoms with Crippen molar-refractivity contribution in [1.29, 1.82) is 0 Å². The summed E-state index contributed by atoms with van der Waals surface area (Å²) < 4.78 is 45.5. The van der Waals surface area contributed by atoms with E-state index in [0.717, 1.165) is 0 Å². The molecule has 2 N–H and O–H groups in total. The molecule has 11 heteroatoms. The Balaban J connectivity index is 1.49. The fourth-order valence-corrected chi connectivity index (χ4v) is 5.47. The predicted molar refractivity (Wildman–Crippen MR) is 144 cm³/mol. The van der Waals surface area contributed by atoms with E-state index in [2.05, 4.69) is 10.0 Å². The second kappa shape index (κ2) is 10.6. The maximum Gasteiger partial charge on any atom is 0.349 e. The number of carbonyl (C=O) groups is 1. The summed E-state index contributed by atoms with van der Waals surface area (Å²) >= 11 is 0. The molecule has 1 saturated heterocycles. The van der Waals surface area contributed by atoms with Crippen LogP contribution in [0.5, 0.6) is 5.75 Å². The molecule has 0 bridgehead atoms. The van der Waals surface area contributed by atoms with Crippen LogP contribution >= 0.6 is 0 Å². The lowest BCUT2D eigenvalue weighted by Gasteiger charge is -2.30. The van der Waals surface area contributed by atoms with Crippen LogP contribution in [0.1, 0.15) is 10.4 Å². The number of carbonyl (C=O) groups excluding carboxylic acids is 1. The lowest BCUT2D eigenvalue weighted by molar-refractivity contribution is 0.102. The number of fused-ring (bicyclic) bond motifs is 1. The van der Waals surface area contributed by atoms with E-state index in [1.165, 1.54) is 19.2 Å². The molecular weight excluding hydrogens is 510 g/mol. The molecular formula is C27H25N3O7S. The van der Waals surface area contributed by atoms with E-state index in [0.29, 0.717) is 54.4 Å². The molecule has 0 saturated carbocycles. The number of benzene rings is 3. The minimum absolute atomic E-state index is 0.0291. The summed E-state index contributed by atoms with van der Waals surface area (Å²) in [7, 11) is -2.55. The standard InChI is InChI=1S/C27H25N3O7S/c1-35-21-9-6-19(7-10-21)29-38(33,34)25-17-20(8-11-23(25)30-12-14-36-15-13-30)28-26(31)22-16-18-4-2-3-5-24(18)37-27(22)32/h2-11,16-17,29H,12-15H2,1H3,(H,28,31). The number of amides is 1. The van der Waals surface area contributed by atoms with Crippen molar-refractivity contribution in [1.82, 2.24) is 0 Å². The molecule has 10 nitrogen and oxygen atoms in total. The maximum absolute atomic E-state index is 13.6. The molecule has 0 radical (unpaired) electrons. The number of hydrogen-bond acceptors (Lipinski definition) is 8. The van der Waals surface area contributed by atoms with E-state index in [1.807, 2.05) is 4.90 Å². The largest absolute Gasteiger partial charge is 0.497 e. The molecule has 2 heterocycles. The first-order chi connectivity index (χ1) is 18.3. The van der Waals surface area contributed by atoms with E-state index >= 15 is 0 Å². The van der Waals surface area contributed by atoms with Gasteiger partial charge in [-0.3, -0.25) is 9.52 Å². The SMILES string of the molecule is COc1ccc(NS(=O)(=O)c2cc(NC(=O)c3cc4ccccc4oc3=O)ccc2N2CCOCC2)cc1. The van der Waals surface area contributed by atoms with Gasteiger partial charge in [0.1, 0.15) is 21.8 Å². The van der Waals surface area contributed by atoms with E-state index in [1.54, 1.807) is 60.7 Å². The van der Waals surface area contributed by atoms with E-state index < -0.39 is 21.6 Å². The summed E-state index contributed by atoms with van der Waals surface area (Å²) in [6, 6.07) is 19.4. The summed E-state index contributed by atoms with van der Waals surface area (Å²) in [4.78, 5) is 27.3. The number of morpholine rings is 1. The molecule has 4 aromatic rings. The van der Waals surface area contributed by atoms with Crippen molar-refractivity contribution in [2.45, 2.75) is 4.90 Å². The van der Waals surface area contributed by atoms with Crippen molar-refractivity contribution in [3.05, 3.63) is 88.8 Å². The van der Waals surface area contributed by atoms with Gasteiger partial charge in [0.25, 0.3) is 15.9 Å². The highest BCUT2D eigenvalue weighted by Crippen LogP contribution is 2.31. The van der Waals surface area contributed by atoms with Gasteiger partial charge in [0.2, 0.25) is 0 Å². The van der Waals surface area contributed by atoms with E-state index in [4.69, 9.17) is 13.9 Å². The van der Waals surface area contributed by atoms with Crippen LogP contribution in [0.4, 0.5) is 17.1 Å². The molecule has 0 aliphatic carbocycles. The quantitative estimate of drug-likeness (QED) is 0.343. The smallest absolute Gasteiger partial charge is 0.349 e. The van der Waals surface area contributed by atoms with Gasteiger partial charge in [0.05, 0.1) is 26.0 Å². The number of nitrogens with zero attached hydrogens (tertiary/aromatic N) is 1. The third kappa shape index (κ3) is 5.34. The number of para-hydroxylation sites is 1. The molecule has 5 rings (SSSR count). The Kier molecular flexibility index (Phi) is 7.03. The summed E-state index contributed by atoms with van der Waals surface area (Å²) in [6.07, 6.45) is 0. The molecule has 1 aromatic heterocycles. The Bertz CT molecular complexity index is 1640. The molecule has 1 aliphatic rings. The van der Waals surface area contributed by atoms with Crippen LogP contribution in [0.2, 0.25) is 0 Å². The normalized spacial score (nSPS) is 13.8. The molecule has 1 amide bonds. The molecule has 0 atom stereocenters.